The fourth-order valence-electron chi connectivity index (χ4n) is 5.19. The highest BCUT2D eigenvalue weighted by atomic mass is 16.6. The Balaban J connectivity index is 1.81. The van der Waals surface area contributed by atoms with Crippen LogP contribution < -0.4 is 5.73 Å². The van der Waals surface area contributed by atoms with Crippen LogP contribution in [0.5, 0.6) is 0 Å². The highest BCUT2D eigenvalue weighted by molar-refractivity contribution is 5.80. The molecule has 1 aliphatic heterocycles. The van der Waals surface area contributed by atoms with Crippen molar-refractivity contribution in [3.8, 4) is 0 Å². The van der Waals surface area contributed by atoms with Gasteiger partial charge in [0.15, 0.2) is 6.29 Å². The number of likely N-dealkylation sites (N-methyl/N-ethyl adjacent to an activating group) is 1. The summed E-state index contributed by atoms with van der Waals surface area (Å²) in [5.74, 6) is -0.259. The number of carbonyl (C=O) groups excluding carboxylic acids is 2. The summed E-state index contributed by atoms with van der Waals surface area (Å²) in [4.78, 5) is 34.5. The molecule has 2 aliphatic rings. The Morgan fingerprint density at radius 2 is 1.97 bits per heavy atom. The first-order valence-corrected chi connectivity index (χ1v) is 11.5. The minimum absolute atomic E-state index is 0.0228. The lowest BCUT2D eigenvalue weighted by Gasteiger charge is -2.52. The standard InChI is InChI=1S/C24H36N4O3/c1-19(23(25)30)27(2)24(18-29,21-12-7-4-8-13-21)28-15-9-14-22(28)16-26-31-17-20-10-5-3-6-11-20/h3,5-6,10-11,16,18-19,21-22H,4,7-9,12-15,17H2,1-2H3,(H2,25,30)/b26-16-. The van der Waals surface area contributed by atoms with Crippen LogP contribution in [-0.4, -0.2) is 59.5 Å². The van der Waals surface area contributed by atoms with Gasteiger partial charge in [0.25, 0.3) is 0 Å². The van der Waals surface area contributed by atoms with Crippen LogP contribution >= 0.6 is 0 Å². The summed E-state index contributed by atoms with van der Waals surface area (Å²) in [6.45, 7) is 2.97. The maximum Gasteiger partial charge on any atom is 0.234 e. The fourth-order valence-corrected chi connectivity index (χ4v) is 5.19. The van der Waals surface area contributed by atoms with Gasteiger partial charge in [0.2, 0.25) is 5.91 Å². The quantitative estimate of drug-likeness (QED) is 0.352. The number of carbonyl (C=O) groups is 2. The third-order valence-electron chi connectivity index (χ3n) is 7.08. The van der Waals surface area contributed by atoms with E-state index in [0.29, 0.717) is 6.61 Å². The van der Waals surface area contributed by atoms with Crippen LogP contribution in [0.2, 0.25) is 0 Å². The first-order valence-electron chi connectivity index (χ1n) is 11.5. The van der Waals surface area contributed by atoms with E-state index < -0.39 is 17.6 Å². The second-order valence-corrected chi connectivity index (χ2v) is 8.84. The van der Waals surface area contributed by atoms with Crippen molar-refractivity contribution in [3.05, 3.63) is 35.9 Å². The average Bonchev–Trinajstić information content (AvgIpc) is 3.27. The number of rotatable bonds is 10. The molecular weight excluding hydrogens is 392 g/mol. The minimum Gasteiger partial charge on any atom is -0.391 e. The molecular formula is C24H36N4O3. The first kappa shape index (κ1) is 23.4. The smallest absolute Gasteiger partial charge is 0.234 e. The Morgan fingerprint density at radius 1 is 1.26 bits per heavy atom. The molecule has 7 nitrogen and oxygen atoms in total. The molecule has 1 amide bonds. The number of hydrogen-bond donors (Lipinski definition) is 1. The third-order valence-corrected chi connectivity index (χ3v) is 7.08. The molecule has 1 aromatic rings. The van der Waals surface area contributed by atoms with Gasteiger partial charge in [0.05, 0.1) is 18.3 Å². The van der Waals surface area contributed by atoms with E-state index in [-0.39, 0.29) is 12.0 Å². The Labute approximate surface area is 185 Å². The maximum absolute atomic E-state index is 12.8. The zero-order valence-corrected chi connectivity index (χ0v) is 18.8. The highest BCUT2D eigenvalue weighted by Crippen LogP contribution is 2.41. The van der Waals surface area contributed by atoms with Crippen LogP contribution in [0.25, 0.3) is 0 Å². The number of aldehydes is 1. The molecule has 1 saturated heterocycles. The van der Waals surface area contributed by atoms with Crippen LogP contribution in [0.15, 0.2) is 35.5 Å². The fraction of sp³-hybridized carbons (Fsp3) is 0.625. The lowest BCUT2D eigenvalue weighted by molar-refractivity contribution is -0.152. The van der Waals surface area contributed by atoms with Gasteiger partial charge in [-0.1, -0.05) is 54.8 Å². The summed E-state index contributed by atoms with van der Waals surface area (Å²) in [6.07, 6.45) is 10.1. The van der Waals surface area contributed by atoms with Gasteiger partial charge in [-0.05, 0) is 51.1 Å². The Kier molecular flexibility index (Phi) is 8.21. The van der Waals surface area contributed by atoms with E-state index in [1.807, 2.05) is 48.5 Å². The van der Waals surface area contributed by atoms with Crippen LogP contribution in [0.4, 0.5) is 0 Å². The number of amides is 1. The van der Waals surface area contributed by atoms with Crippen molar-refractivity contribution >= 4 is 18.4 Å². The molecule has 1 saturated carbocycles. The number of likely N-dealkylation sites (tertiary alicyclic amines) is 1. The van der Waals surface area contributed by atoms with E-state index >= 15 is 0 Å². The van der Waals surface area contributed by atoms with Gasteiger partial charge in [0, 0.05) is 6.54 Å². The van der Waals surface area contributed by atoms with Crippen LogP contribution in [-0.2, 0) is 21.0 Å². The number of hydrogen-bond acceptors (Lipinski definition) is 6. The largest absolute Gasteiger partial charge is 0.391 e. The molecule has 0 aromatic heterocycles. The molecule has 7 heteroatoms. The minimum atomic E-state index is -0.874. The van der Waals surface area contributed by atoms with Crippen molar-refractivity contribution in [2.24, 2.45) is 16.8 Å². The number of primary amides is 1. The molecule has 31 heavy (non-hydrogen) atoms. The van der Waals surface area contributed by atoms with Gasteiger partial charge >= 0.3 is 0 Å². The van der Waals surface area contributed by atoms with Crippen molar-refractivity contribution in [3.63, 3.8) is 0 Å². The molecule has 1 heterocycles. The Morgan fingerprint density at radius 3 is 2.61 bits per heavy atom. The van der Waals surface area contributed by atoms with Gasteiger partial charge in [0.1, 0.15) is 12.3 Å². The molecule has 3 atom stereocenters. The lowest BCUT2D eigenvalue weighted by atomic mass is 9.77. The summed E-state index contributed by atoms with van der Waals surface area (Å²) >= 11 is 0. The third kappa shape index (κ3) is 5.15. The van der Waals surface area contributed by atoms with Crippen LogP contribution in [0.1, 0.15) is 57.4 Å². The predicted molar refractivity (Wildman–Crippen MR) is 121 cm³/mol. The molecule has 3 rings (SSSR count). The van der Waals surface area contributed by atoms with Gasteiger partial charge in [-0.3, -0.25) is 19.4 Å². The van der Waals surface area contributed by atoms with Crippen molar-refractivity contribution in [2.45, 2.75) is 76.2 Å². The first-order chi connectivity index (χ1) is 15.0. The molecule has 2 N–H and O–H groups in total. The van der Waals surface area contributed by atoms with E-state index in [1.54, 1.807) is 6.92 Å². The molecule has 0 spiro atoms. The number of nitrogens with zero attached hydrogens (tertiary/aromatic N) is 3. The molecule has 1 aromatic carbocycles. The Bertz CT molecular complexity index is 750. The molecule has 0 bridgehead atoms. The van der Waals surface area contributed by atoms with Crippen molar-refractivity contribution < 1.29 is 14.4 Å². The van der Waals surface area contributed by atoms with Gasteiger partial charge in [-0.2, -0.15) is 0 Å². The normalized spacial score (nSPS) is 23.6. The van der Waals surface area contributed by atoms with Crippen LogP contribution in [0, 0.1) is 5.92 Å². The van der Waals surface area contributed by atoms with Crippen molar-refractivity contribution in [2.75, 3.05) is 13.6 Å². The van der Waals surface area contributed by atoms with E-state index in [2.05, 4.69) is 10.1 Å². The second-order valence-electron chi connectivity index (χ2n) is 8.84. The molecule has 1 aliphatic carbocycles. The number of nitrogens with two attached hydrogens (primary N) is 1. The zero-order chi connectivity index (χ0) is 22.3. The highest BCUT2D eigenvalue weighted by Gasteiger charge is 2.52. The number of benzene rings is 1. The molecule has 0 radical (unpaired) electrons. The average molecular weight is 429 g/mol. The van der Waals surface area contributed by atoms with E-state index in [0.717, 1.165) is 56.9 Å². The number of oxime groups is 1. The molecule has 170 valence electrons. The lowest BCUT2D eigenvalue weighted by Crippen LogP contribution is -2.69. The van der Waals surface area contributed by atoms with Gasteiger partial charge in [-0.25, -0.2) is 0 Å². The summed E-state index contributed by atoms with van der Waals surface area (Å²) in [5, 5.41) is 4.24. The van der Waals surface area contributed by atoms with Crippen molar-refractivity contribution in [1.82, 2.24) is 9.80 Å². The van der Waals surface area contributed by atoms with Gasteiger partial charge < -0.3 is 10.6 Å². The zero-order valence-electron chi connectivity index (χ0n) is 18.8. The van der Waals surface area contributed by atoms with E-state index in [4.69, 9.17) is 10.6 Å². The summed E-state index contributed by atoms with van der Waals surface area (Å²) < 4.78 is 0. The predicted octanol–water partition coefficient (Wildman–Crippen LogP) is 2.93. The summed E-state index contributed by atoms with van der Waals surface area (Å²) in [6, 6.07) is 9.34. The molecule has 3 unspecified atom stereocenters. The SMILES string of the molecule is CC(C(N)=O)N(C)C(C=O)(C1CCCCC1)N1CCCC1/C=N\OCc1ccccc1. The van der Waals surface area contributed by atoms with Crippen LogP contribution in [0.3, 0.4) is 0 Å². The monoisotopic (exact) mass is 428 g/mol. The summed E-state index contributed by atoms with van der Waals surface area (Å²) in [7, 11) is 1.86. The topological polar surface area (TPSA) is 88.2 Å². The molecule has 2 fully saturated rings. The van der Waals surface area contributed by atoms with Crippen molar-refractivity contribution in [1.29, 1.82) is 0 Å². The van der Waals surface area contributed by atoms with Gasteiger partial charge in [-0.15, -0.1) is 0 Å². The maximum atomic E-state index is 12.8. The second kappa shape index (κ2) is 10.9. The summed E-state index contributed by atoms with van der Waals surface area (Å²) in [5.41, 5.74) is 5.83. The van der Waals surface area contributed by atoms with E-state index in [9.17, 15) is 9.59 Å². The Hall–Kier alpha value is -2.25. The van der Waals surface area contributed by atoms with E-state index in [1.165, 1.54) is 6.42 Å².